The number of nitrogens with zero attached hydrogens (tertiary/aromatic N) is 1. The molecule has 3 amide bonds. The first kappa shape index (κ1) is 28.9. The molecule has 0 saturated carbocycles. The molecule has 0 aliphatic carbocycles. The second-order valence-corrected chi connectivity index (χ2v) is 9.28. The van der Waals surface area contributed by atoms with Crippen LogP contribution in [0.15, 0.2) is 42.9 Å². The molecule has 0 radical (unpaired) electrons. The lowest BCUT2D eigenvalue weighted by molar-refractivity contribution is -0.142. The van der Waals surface area contributed by atoms with Crippen molar-refractivity contribution in [1.29, 1.82) is 0 Å². The first-order chi connectivity index (χ1) is 17.1. The van der Waals surface area contributed by atoms with E-state index in [2.05, 4.69) is 38.5 Å². The number of hydrogen-bond donors (Lipinski definition) is 7. The van der Waals surface area contributed by atoms with Crippen molar-refractivity contribution in [2.75, 3.05) is 5.75 Å². The van der Waals surface area contributed by atoms with E-state index in [-0.39, 0.29) is 18.1 Å². The summed E-state index contributed by atoms with van der Waals surface area (Å²) in [5.41, 5.74) is 7.48. The summed E-state index contributed by atoms with van der Waals surface area (Å²) in [6.45, 7) is 3.79. The topological polar surface area (TPSA) is 179 Å². The molecule has 196 valence electrons. The fourth-order valence-electron chi connectivity index (χ4n) is 3.50. The minimum Gasteiger partial charge on any atom is -0.480 e. The molecule has 4 unspecified atom stereocenters. The van der Waals surface area contributed by atoms with Gasteiger partial charge in [-0.15, -0.1) is 0 Å². The number of carboxylic acids is 1. The van der Waals surface area contributed by atoms with Gasteiger partial charge in [-0.1, -0.05) is 44.2 Å². The van der Waals surface area contributed by atoms with E-state index in [1.165, 1.54) is 12.5 Å². The third-order valence-corrected chi connectivity index (χ3v) is 5.75. The van der Waals surface area contributed by atoms with E-state index in [1.54, 1.807) is 0 Å². The Bertz CT molecular complexity index is 1000. The molecular formula is C24H34N6O5S. The van der Waals surface area contributed by atoms with E-state index in [4.69, 9.17) is 5.73 Å². The predicted molar refractivity (Wildman–Crippen MR) is 137 cm³/mol. The number of thiol groups is 1. The number of imidazole rings is 1. The maximum Gasteiger partial charge on any atom is 0.326 e. The Morgan fingerprint density at radius 1 is 0.972 bits per heavy atom. The molecule has 36 heavy (non-hydrogen) atoms. The Morgan fingerprint density at radius 3 is 2.14 bits per heavy atom. The fraction of sp³-hybridized carbons (Fsp3) is 0.458. The van der Waals surface area contributed by atoms with Crippen molar-refractivity contribution < 1.29 is 24.3 Å². The van der Waals surface area contributed by atoms with Crippen LogP contribution in [-0.2, 0) is 32.0 Å². The predicted octanol–water partition coefficient (Wildman–Crippen LogP) is 0.0371. The van der Waals surface area contributed by atoms with Gasteiger partial charge in [0.1, 0.15) is 18.1 Å². The maximum atomic E-state index is 13.0. The normalized spacial score (nSPS) is 14.4. The van der Waals surface area contributed by atoms with E-state index >= 15 is 0 Å². The van der Waals surface area contributed by atoms with Gasteiger partial charge in [-0.2, -0.15) is 12.6 Å². The van der Waals surface area contributed by atoms with Crippen molar-refractivity contribution in [2.24, 2.45) is 11.7 Å². The second-order valence-electron chi connectivity index (χ2n) is 8.91. The number of carboxylic acid groups (broad SMARTS) is 1. The Hall–Kier alpha value is -3.38. The number of carbonyl (C=O) groups is 4. The summed E-state index contributed by atoms with van der Waals surface area (Å²) in [5, 5.41) is 17.2. The zero-order valence-electron chi connectivity index (χ0n) is 20.3. The van der Waals surface area contributed by atoms with E-state index in [1.807, 2.05) is 44.2 Å². The molecule has 0 spiro atoms. The maximum absolute atomic E-state index is 13.0. The van der Waals surface area contributed by atoms with Gasteiger partial charge < -0.3 is 31.8 Å². The number of aliphatic carboxylic acids is 1. The average molecular weight is 519 g/mol. The van der Waals surface area contributed by atoms with Crippen molar-refractivity contribution >= 4 is 36.3 Å². The second kappa shape index (κ2) is 14.2. The van der Waals surface area contributed by atoms with Gasteiger partial charge in [0.25, 0.3) is 0 Å². The third kappa shape index (κ3) is 9.34. The number of H-pyrrole nitrogens is 1. The Labute approximate surface area is 215 Å². The molecule has 7 N–H and O–H groups in total. The highest BCUT2D eigenvalue weighted by molar-refractivity contribution is 7.80. The summed E-state index contributed by atoms with van der Waals surface area (Å²) in [4.78, 5) is 56.8. The smallest absolute Gasteiger partial charge is 0.326 e. The molecule has 2 aromatic rings. The quantitative estimate of drug-likeness (QED) is 0.172. The molecule has 0 fully saturated rings. The fourth-order valence-corrected chi connectivity index (χ4v) is 3.75. The van der Waals surface area contributed by atoms with Crippen LogP contribution in [0.3, 0.4) is 0 Å². The van der Waals surface area contributed by atoms with Crippen molar-refractivity contribution in [3.8, 4) is 0 Å². The largest absolute Gasteiger partial charge is 0.480 e. The lowest BCUT2D eigenvalue weighted by atomic mass is 10.0. The van der Waals surface area contributed by atoms with Crippen LogP contribution in [0.5, 0.6) is 0 Å². The molecule has 12 heteroatoms. The number of carbonyl (C=O) groups excluding carboxylic acids is 3. The van der Waals surface area contributed by atoms with Crippen molar-refractivity contribution in [3.05, 3.63) is 54.1 Å². The Balaban J connectivity index is 2.02. The third-order valence-electron chi connectivity index (χ3n) is 5.38. The van der Waals surface area contributed by atoms with Crippen LogP contribution in [0, 0.1) is 5.92 Å². The minimum atomic E-state index is -1.24. The highest BCUT2D eigenvalue weighted by Gasteiger charge is 2.30. The minimum absolute atomic E-state index is 0.0142. The average Bonchev–Trinajstić information content (AvgIpc) is 3.34. The SMILES string of the molecule is CC(C)CC(NC(=O)C(N)Cc1ccccc1)C(=O)NC(CS)C(=O)NC(Cc1cnc[nH]1)C(=O)O. The molecule has 4 atom stereocenters. The van der Waals surface area contributed by atoms with Crippen molar-refractivity contribution in [2.45, 2.75) is 57.3 Å². The van der Waals surface area contributed by atoms with Crippen molar-refractivity contribution in [3.63, 3.8) is 0 Å². The van der Waals surface area contributed by atoms with Crippen LogP contribution in [-0.4, -0.2) is 68.7 Å². The summed E-state index contributed by atoms with van der Waals surface area (Å²) in [5.74, 6) is -3.04. The Morgan fingerprint density at radius 2 is 1.58 bits per heavy atom. The van der Waals surface area contributed by atoms with Gasteiger partial charge in [0.2, 0.25) is 17.7 Å². The van der Waals surface area contributed by atoms with E-state index < -0.39 is 47.9 Å². The van der Waals surface area contributed by atoms with Crippen LogP contribution in [0.1, 0.15) is 31.5 Å². The number of amides is 3. The van der Waals surface area contributed by atoms with Crippen molar-refractivity contribution in [1.82, 2.24) is 25.9 Å². The number of aromatic nitrogens is 2. The summed E-state index contributed by atoms with van der Waals surface area (Å²) in [6, 6.07) is 5.13. The standard InChI is InChI=1S/C24H34N6O5S/c1-14(2)8-18(28-21(31)17(25)9-15-6-4-3-5-7-15)22(32)30-20(12-36)23(33)29-19(24(34)35)10-16-11-26-13-27-16/h3-7,11,13-14,17-20,36H,8-10,12,25H2,1-2H3,(H,26,27)(H,28,31)(H,29,33)(H,30,32)(H,34,35). The lowest BCUT2D eigenvalue weighted by Crippen LogP contribution is -2.58. The van der Waals surface area contributed by atoms with Crippen LogP contribution < -0.4 is 21.7 Å². The highest BCUT2D eigenvalue weighted by Crippen LogP contribution is 2.08. The van der Waals surface area contributed by atoms with Crippen LogP contribution in [0.2, 0.25) is 0 Å². The molecular weight excluding hydrogens is 484 g/mol. The molecule has 0 bridgehead atoms. The molecule has 1 aromatic carbocycles. The molecule has 1 aromatic heterocycles. The molecule has 1 heterocycles. The van der Waals surface area contributed by atoms with E-state index in [9.17, 15) is 24.3 Å². The zero-order chi connectivity index (χ0) is 26.7. The number of nitrogens with one attached hydrogen (secondary N) is 4. The van der Waals surface area contributed by atoms with Gasteiger partial charge >= 0.3 is 5.97 Å². The number of aromatic amines is 1. The molecule has 2 rings (SSSR count). The monoisotopic (exact) mass is 518 g/mol. The molecule has 0 aliphatic heterocycles. The van der Waals surface area contributed by atoms with Gasteiger partial charge in [-0.3, -0.25) is 14.4 Å². The highest BCUT2D eigenvalue weighted by atomic mass is 32.1. The number of nitrogens with two attached hydrogens (primary N) is 1. The summed E-state index contributed by atoms with van der Waals surface area (Å²) in [6.07, 6.45) is 3.47. The van der Waals surface area contributed by atoms with Gasteiger partial charge in [-0.05, 0) is 24.3 Å². The van der Waals surface area contributed by atoms with Crippen LogP contribution in [0.25, 0.3) is 0 Å². The first-order valence-electron chi connectivity index (χ1n) is 11.6. The molecule has 0 aliphatic rings. The number of benzene rings is 1. The van der Waals surface area contributed by atoms with Crippen LogP contribution in [0.4, 0.5) is 0 Å². The van der Waals surface area contributed by atoms with E-state index in [0.29, 0.717) is 18.5 Å². The molecule has 11 nitrogen and oxygen atoms in total. The zero-order valence-corrected chi connectivity index (χ0v) is 21.2. The summed E-state index contributed by atoms with van der Waals surface area (Å²) < 4.78 is 0. The van der Waals surface area contributed by atoms with Gasteiger partial charge in [0, 0.05) is 24.1 Å². The first-order valence-corrected chi connectivity index (χ1v) is 12.3. The van der Waals surface area contributed by atoms with Gasteiger partial charge in [0.05, 0.1) is 12.4 Å². The molecule has 0 saturated heterocycles. The summed E-state index contributed by atoms with van der Waals surface area (Å²) in [7, 11) is 0. The number of rotatable bonds is 14. The number of hydrogen-bond acceptors (Lipinski definition) is 7. The van der Waals surface area contributed by atoms with Crippen LogP contribution >= 0.6 is 12.6 Å². The van der Waals surface area contributed by atoms with Gasteiger partial charge in [0.15, 0.2) is 0 Å². The van der Waals surface area contributed by atoms with Gasteiger partial charge in [-0.25, -0.2) is 9.78 Å². The summed E-state index contributed by atoms with van der Waals surface area (Å²) >= 11 is 4.14. The lowest BCUT2D eigenvalue weighted by Gasteiger charge is -2.25. The Kier molecular flexibility index (Phi) is 11.4. The van der Waals surface area contributed by atoms with E-state index in [0.717, 1.165) is 5.56 Å².